The largest absolute Gasteiger partial charge is 0.314 e. The van der Waals surface area contributed by atoms with Crippen LogP contribution in [0.2, 0.25) is 0 Å². The summed E-state index contributed by atoms with van der Waals surface area (Å²) < 4.78 is 0. The smallest absolute Gasteiger partial charge is 0.0119 e. The van der Waals surface area contributed by atoms with E-state index in [1.165, 1.54) is 18.5 Å². The van der Waals surface area contributed by atoms with E-state index in [9.17, 15) is 0 Å². The van der Waals surface area contributed by atoms with Crippen molar-refractivity contribution < 1.29 is 0 Å². The summed E-state index contributed by atoms with van der Waals surface area (Å²) in [6.07, 6.45) is 1.31. The van der Waals surface area contributed by atoms with Gasteiger partial charge in [0.1, 0.15) is 0 Å². The maximum Gasteiger partial charge on any atom is 0.0119 e. The molecule has 2 heterocycles. The molecule has 1 aromatic heterocycles. The molecule has 0 aliphatic carbocycles. The number of nitrogens with one attached hydrogen (secondary N) is 1. The first-order chi connectivity index (χ1) is 5.77. The molecule has 66 valence electrons. The molecule has 12 heavy (non-hydrogen) atoms. The molecule has 1 aromatic rings. The van der Waals surface area contributed by atoms with Gasteiger partial charge in [0.25, 0.3) is 0 Å². The number of thiophene rings is 1. The summed E-state index contributed by atoms with van der Waals surface area (Å²) in [6.45, 7) is 5.65. The molecule has 2 heteroatoms. The lowest BCUT2D eigenvalue weighted by atomic mass is 10.0. The van der Waals surface area contributed by atoms with Crippen molar-refractivity contribution in [3.8, 4) is 0 Å². The van der Waals surface area contributed by atoms with E-state index in [4.69, 9.17) is 0 Å². The fourth-order valence-electron chi connectivity index (χ4n) is 1.94. The Labute approximate surface area is 77.8 Å². The molecule has 1 fully saturated rings. The highest BCUT2D eigenvalue weighted by Gasteiger charge is 2.23. The van der Waals surface area contributed by atoms with Gasteiger partial charge < -0.3 is 5.32 Å². The number of rotatable bonds is 1. The minimum Gasteiger partial charge on any atom is -0.314 e. The lowest BCUT2D eigenvalue weighted by molar-refractivity contribution is 0.659. The Hall–Kier alpha value is -0.340. The van der Waals surface area contributed by atoms with E-state index < -0.39 is 0 Å². The molecule has 2 unspecified atom stereocenters. The summed E-state index contributed by atoms with van der Waals surface area (Å²) in [5.74, 6) is 0.778. The van der Waals surface area contributed by atoms with Gasteiger partial charge in [-0.3, -0.25) is 0 Å². The van der Waals surface area contributed by atoms with Crippen LogP contribution < -0.4 is 5.32 Å². The van der Waals surface area contributed by atoms with Gasteiger partial charge in [-0.05, 0) is 37.3 Å². The zero-order valence-electron chi connectivity index (χ0n) is 7.63. The topological polar surface area (TPSA) is 12.0 Å². The SMILES string of the molecule is Cc1ccsc1C1CNC(C)C1. The Bertz CT molecular complexity index is 267. The maximum atomic E-state index is 3.49. The molecule has 2 atom stereocenters. The van der Waals surface area contributed by atoms with E-state index in [0.29, 0.717) is 6.04 Å². The lowest BCUT2D eigenvalue weighted by Gasteiger charge is -2.06. The van der Waals surface area contributed by atoms with Gasteiger partial charge in [0.05, 0.1) is 0 Å². The quantitative estimate of drug-likeness (QED) is 0.702. The third kappa shape index (κ3) is 1.41. The summed E-state index contributed by atoms with van der Waals surface area (Å²) in [5, 5.41) is 5.69. The van der Waals surface area contributed by atoms with E-state index in [2.05, 4.69) is 30.6 Å². The second kappa shape index (κ2) is 3.19. The Morgan fingerprint density at radius 1 is 1.58 bits per heavy atom. The third-order valence-corrected chi connectivity index (χ3v) is 3.80. The molecule has 0 aromatic carbocycles. The van der Waals surface area contributed by atoms with Crippen molar-refractivity contribution in [1.82, 2.24) is 5.32 Å². The molecular formula is C10H15NS. The zero-order valence-corrected chi connectivity index (χ0v) is 8.45. The molecule has 1 saturated heterocycles. The first-order valence-corrected chi connectivity index (χ1v) is 5.42. The van der Waals surface area contributed by atoms with Crippen molar-refractivity contribution >= 4 is 11.3 Å². The Balaban J connectivity index is 2.16. The van der Waals surface area contributed by atoms with E-state index in [-0.39, 0.29) is 0 Å². The van der Waals surface area contributed by atoms with Crippen LogP contribution >= 0.6 is 11.3 Å². The minimum absolute atomic E-state index is 0.705. The van der Waals surface area contributed by atoms with Crippen molar-refractivity contribution in [2.24, 2.45) is 0 Å². The first kappa shape index (κ1) is 8.27. The van der Waals surface area contributed by atoms with Gasteiger partial charge >= 0.3 is 0 Å². The zero-order chi connectivity index (χ0) is 8.55. The van der Waals surface area contributed by atoms with E-state index in [1.807, 2.05) is 11.3 Å². The van der Waals surface area contributed by atoms with Crippen LogP contribution in [0.3, 0.4) is 0 Å². The Morgan fingerprint density at radius 3 is 2.92 bits per heavy atom. The van der Waals surface area contributed by atoms with Crippen molar-refractivity contribution in [2.45, 2.75) is 32.2 Å². The normalized spacial score (nSPS) is 29.5. The fourth-order valence-corrected chi connectivity index (χ4v) is 2.98. The van der Waals surface area contributed by atoms with E-state index >= 15 is 0 Å². The molecule has 0 radical (unpaired) electrons. The molecule has 1 N–H and O–H groups in total. The van der Waals surface area contributed by atoms with Crippen LogP contribution in [0.15, 0.2) is 11.4 Å². The van der Waals surface area contributed by atoms with Crippen LogP contribution in [-0.2, 0) is 0 Å². The van der Waals surface area contributed by atoms with Crippen LogP contribution in [-0.4, -0.2) is 12.6 Å². The van der Waals surface area contributed by atoms with Gasteiger partial charge in [0.2, 0.25) is 0 Å². The van der Waals surface area contributed by atoms with Crippen molar-refractivity contribution in [2.75, 3.05) is 6.54 Å². The van der Waals surface area contributed by atoms with Gasteiger partial charge in [-0.25, -0.2) is 0 Å². The third-order valence-electron chi connectivity index (χ3n) is 2.62. The Morgan fingerprint density at radius 2 is 2.42 bits per heavy atom. The fraction of sp³-hybridized carbons (Fsp3) is 0.600. The van der Waals surface area contributed by atoms with Crippen LogP contribution in [0.1, 0.15) is 29.7 Å². The number of aryl methyl sites for hydroxylation is 1. The summed E-state index contributed by atoms with van der Waals surface area (Å²) in [4.78, 5) is 1.59. The van der Waals surface area contributed by atoms with Gasteiger partial charge in [-0.15, -0.1) is 11.3 Å². The molecule has 1 aliphatic rings. The van der Waals surface area contributed by atoms with Crippen molar-refractivity contribution in [3.63, 3.8) is 0 Å². The highest BCUT2D eigenvalue weighted by molar-refractivity contribution is 7.10. The number of hydrogen-bond donors (Lipinski definition) is 1. The van der Waals surface area contributed by atoms with Gasteiger partial charge in [0, 0.05) is 23.4 Å². The predicted molar refractivity (Wildman–Crippen MR) is 53.9 cm³/mol. The van der Waals surface area contributed by atoms with E-state index in [1.54, 1.807) is 4.88 Å². The van der Waals surface area contributed by atoms with Crippen LogP contribution in [0, 0.1) is 6.92 Å². The average Bonchev–Trinajstić information content (AvgIpc) is 2.58. The lowest BCUT2D eigenvalue weighted by Crippen LogP contribution is -2.16. The minimum atomic E-state index is 0.705. The molecule has 2 rings (SSSR count). The summed E-state index contributed by atoms with van der Waals surface area (Å²) in [7, 11) is 0. The van der Waals surface area contributed by atoms with Crippen molar-refractivity contribution in [1.29, 1.82) is 0 Å². The summed E-state index contributed by atoms with van der Waals surface area (Å²) in [6, 6.07) is 2.93. The summed E-state index contributed by atoms with van der Waals surface area (Å²) >= 11 is 1.91. The second-order valence-electron chi connectivity index (χ2n) is 3.71. The monoisotopic (exact) mass is 181 g/mol. The number of hydrogen-bond acceptors (Lipinski definition) is 2. The van der Waals surface area contributed by atoms with Gasteiger partial charge in [0.15, 0.2) is 0 Å². The molecule has 0 saturated carbocycles. The van der Waals surface area contributed by atoms with Crippen LogP contribution in [0.5, 0.6) is 0 Å². The maximum absolute atomic E-state index is 3.49. The van der Waals surface area contributed by atoms with Crippen molar-refractivity contribution in [3.05, 3.63) is 21.9 Å². The molecule has 0 spiro atoms. The average molecular weight is 181 g/mol. The predicted octanol–water partition coefficient (Wildman–Crippen LogP) is 2.52. The van der Waals surface area contributed by atoms with Crippen LogP contribution in [0.25, 0.3) is 0 Å². The van der Waals surface area contributed by atoms with E-state index in [0.717, 1.165) is 5.92 Å². The first-order valence-electron chi connectivity index (χ1n) is 4.54. The Kier molecular flexibility index (Phi) is 2.20. The summed E-state index contributed by atoms with van der Waals surface area (Å²) in [5.41, 5.74) is 1.47. The standard InChI is InChI=1S/C10H15NS/c1-7-3-4-12-10(7)9-5-8(2)11-6-9/h3-4,8-9,11H,5-6H2,1-2H3. The molecule has 1 aliphatic heterocycles. The highest BCUT2D eigenvalue weighted by Crippen LogP contribution is 2.31. The van der Waals surface area contributed by atoms with Gasteiger partial charge in [-0.2, -0.15) is 0 Å². The molecule has 1 nitrogen and oxygen atoms in total. The highest BCUT2D eigenvalue weighted by atomic mass is 32.1. The van der Waals surface area contributed by atoms with Crippen LogP contribution in [0.4, 0.5) is 0 Å². The molecular weight excluding hydrogens is 166 g/mol. The second-order valence-corrected chi connectivity index (χ2v) is 4.66. The molecule has 0 amide bonds. The van der Waals surface area contributed by atoms with Gasteiger partial charge in [-0.1, -0.05) is 0 Å². The molecule has 0 bridgehead atoms.